The molecule has 1 aliphatic carbocycles. The van der Waals surface area contributed by atoms with Gasteiger partial charge in [0.25, 0.3) is 0 Å². The third kappa shape index (κ3) is 5.01. The van der Waals surface area contributed by atoms with Crippen LogP contribution < -0.4 is 0 Å². The Morgan fingerprint density at radius 2 is 1.34 bits per heavy atom. The zero-order valence-electron chi connectivity index (χ0n) is 22.5. The number of pyridine rings is 2. The minimum Gasteiger partial charge on any atom is -0.305 e. The Balaban J connectivity index is 0.000000204. The van der Waals surface area contributed by atoms with Gasteiger partial charge in [0.2, 0.25) is 0 Å². The molecule has 0 unspecified atom stereocenters. The average Bonchev–Trinajstić information content (AvgIpc) is 2.93. The predicted octanol–water partition coefficient (Wildman–Crippen LogP) is 8.64. The molecular weight excluding hydrogens is 641 g/mol. The fourth-order valence-corrected chi connectivity index (χ4v) is 5.15. The van der Waals surface area contributed by atoms with Gasteiger partial charge < -0.3 is 9.97 Å². The molecule has 2 aromatic heterocycles. The van der Waals surface area contributed by atoms with E-state index in [0.717, 1.165) is 22.5 Å². The SMILES string of the molecule is CC1(C)c2c[c-]c(-c3ccccn3)cc2-c2ccccc2C1(C)C.Cc1cccnc1-c1[c-]cccc1.[Ir]. The normalized spacial score (nSPS) is 14.1. The van der Waals surface area contributed by atoms with Gasteiger partial charge >= 0.3 is 0 Å². The summed E-state index contributed by atoms with van der Waals surface area (Å²) in [7, 11) is 0. The third-order valence-corrected chi connectivity index (χ3v) is 7.99. The van der Waals surface area contributed by atoms with Crippen LogP contribution >= 0.6 is 0 Å². The first-order valence-electron chi connectivity index (χ1n) is 12.8. The van der Waals surface area contributed by atoms with Crippen molar-refractivity contribution < 1.29 is 20.1 Å². The van der Waals surface area contributed by atoms with Crippen LogP contribution in [0.25, 0.3) is 33.6 Å². The number of aryl methyl sites for hydroxylation is 1. The monoisotopic (exact) mass is 673 g/mol. The predicted molar refractivity (Wildman–Crippen MR) is 153 cm³/mol. The van der Waals surface area contributed by atoms with Gasteiger partial charge in [-0.3, -0.25) is 0 Å². The molecule has 38 heavy (non-hydrogen) atoms. The number of hydrogen-bond donors (Lipinski definition) is 0. The van der Waals surface area contributed by atoms with Gasteiger partial charge in [0, 0.05) is 32.5 Å². The van der Waals surface area contributed by atoms with E-state index in [0.29, 0.717) is 0 Å². The van der Waals surface area contributed by atoms with Crippen LogP contribution in [0.3, 0.4) is 0 Å². The number of aromatic nitrogens is 2. The molecule has 0 atom stereocenters. The van der Waals surface area contributed by atoms with Gasteiger partial charge in [0.15, 0.2) is 0 Å². The maximum absolute atomic E-state index is 4.49. The average molecular weight is 673 g/mol. The standard InChI is InChI=1S/C23H22N.C12H10N.Ir/c1-22(2)19-10-6-5-9-17(19)18-15-16(21-11-7-8-14-24-21)12-13-20(18)23(22,3)4;1-10-6-5-9-13-12(10)11-7-3-2-4-8-11;/h5-11,13-15H,1-4H3;2-7,9H,1H3;/q2*-1;. The van der Waals surface area contributed by atoms with Crippen molar-refractivity contribution in [1.29, 1.82) is 0 Å². The van der Waals surface area contributed by atoms with Crippen LogP contribution in [0.1, 0.15) is 44.4 Å². The zero-order chi connectivity index (χ0) is 26.0. The Labute approximate surface area is 240 Å². The van der Waals surface area contributed by atoms with Crippen LogP contribution in [0.4, 0.5) is 0 Å². The van der Waals surface area contributed by atoms with Crippen molar-refractivity contribution in [3.8, 4) is 33.6 Å². The molecule has 0 aliphatic heterocycles. The molecule has 2 heterocycles. The minimum absolute atomic E-state index is 0. The Hall–Kier alpha value is -3.39. The van der Waals surface area contributed by atoms with Crippen molar-refractivity contribution in [1.82, 2.24) is 9.97 Å². The summed E-state index contributed by atoms with van der Waals surface area (Å²) in [6, 6.07) is 37.8. The number of rotatable bonds is 2. The topological polar surface area (TPSA) is 25.8 Å². The van der Waals surface area contributed by atoms with Gasteiger partial charge in [-0.05, 0) is 52.4 Å². The van der Waals surface area contributed by atoms with E-state index >= 15 is 0 Å². The van der Waals surface area contributed by atoms with E-state index in [4.69, 9.17) is 0 Å². The quantitative estimate of drug-likeness (QED) is 0.176. The summed E-state index contributed by atoms with van der Waals surface area (Å²) in [5.41, 5.74) is 10.8. The Bertz CT molecular complexity index is 1520. The molecule has 0 N–H and O–H groups in total. The van der Waals surface area contributed by atoms with E-state index in [9.17, 15) is 0 Å². The minimum atomic E-state index is 0. The zero-order valence-corrected chi connectivity index (χ0v) is 24.9. The van der Waals surface area contributed by atoms with Crippen LogP contribution in [-0.4, -0.2) is 9.97 Å². The fraction of sp³-hybridized carbons (Fsp3) is 0.200. The van der Waals surface area contributed by atoms with Crippen LogP contribution in [0, 0.1) is 19.1 Å². The van der Waals surface area contributed by atoms with Crippen molar-refractivity contribution in [2.45, 2.75) is 45.4 Å². The first-order valence-corrected chi connectivity index (χ1v) is 12.8. The molecule has 5 aromatic rings. The van der Waals surface area contributed by atoms with E-state index in [1.165, 1.54) is 27.8 Å². The van der Waals surface area contributed by atoms with Crippen molar-refractivity contribution in [2.24, 2.45) is 0 Å². The molecule has 1 radical (unpaired) electrons. The Kier molecular flexibility index (Phi) is 8.11. The van der Waals surface area contributed by atoms with Crippen LogP contribution in [0.2, 0.25) is 0 Å². The van der Waals surface area contributed by atoms with E-state index in [1.54, 1.807) is 0 Å². The summed E-state index contributed by atoms with van der Waals surface area (Å²) >= 11 is 0. The van der Waals surface area contributed by atoms with Gasteiger partial charge in [-0.1, -0.05) is 81.3 Å². The summed E-state index contributed by atoms with van der Waals surface area (Å²) in [5.74, 6) is 0. The maximum atomic E-state index is 4.49. The van der Waals surface area contributed by atoms with Crippen LogP contribution in [-0.2, 0) is 30.9 Å². The Morgan fingerprint density at radius 1 is 0.632 bits per heavy atom. The summed E-state index contributed by atoms with van der Waals surface area (Å²) < 4.78 is 0. The largest absolute Gasteiger partial charge is 0.305 e. The third-order valence-electron chi connectivity index (χ3n) is 7.99. The smallest absolute Gasteiger partial charge is 0.0160 e. The molecule has 3 heteroatoms. The number of nitrogens with zero attached hydrogens (tertiary/aromatic N) is 2. The van der Waals surface area contributed by atoms with Gasteiger partial charge in [0.1, 0.15) is 0 Å². The second-order valence-electron chi connectivity index (χ2n) is 10.6. The summed E-state index contributed by atoms with van der Waals surface area (Å²) in [6.45, 7) is 11.4. The van der Waals surface area contributed by atoms with Gasteiger partial charge in [-0.25, -0.2) is 0 Å². The van der Waals surface area contributed by atoms with Crippen molar-refractivity contribution in [3.63, 3.8) is 0 Å². The van der Waals surface area contributed by atoms with Crippen molar-refractivity contribution in [2.75, 3.05) is 0 Å². The molecule has 0 spiro atoms. The Morgan fingerprint density at radius 3 is 2.05 bits per heavy atom. The molecule has 0 saturated heterocycles. The maximum Gasteiger partial charge on any atom is 0.0160 e. The van der Waals surface area contributed by atoms with Gasteiger partial charge in [-0.15, -0.1) is 65.2 Å². The van der Waals surface area contributed by atoms with E-state index < -0.39 is 0 Å². The first kappa shape index (κ1) is 27.6. The van der Waals surface area contributed by atoms with Crippen molar-refractivity contribution >= 4 is 0 Å². The van der Waals surface area contributed by atoms with E-state index in [-0.39, 0.29) is 30.9 Å². The molecule has 0 saturated carbocycles. The number of benzene rings is 3. The number of hydrogen-bond acceptors (Lipinski definition) is 2. The van der Waals surface area contributed by atoms with Crippen molar-refractivity contribution in [3.05, 3.63) is 132 Å². The van der Waals surface area contributed by atoms with Gasteiger partial charge in [-0.2, -0.15) is 0 Å². The summed E-state index contributed by atoms with van der Waals surface area (Å²) in [6.07, 6.45) is 3.65. The number of fused-ring (bicyclic) bond motifs is 3. The second kappa shape index (κ2) is 11.2. The molecule has 3 aromatic carbocycles. The second-order valence-corrected chi connectivity index (χ2v) is 10.6. The molecule has 0 bridgehead atoms. The molecule has 6 rings (SSSR count). The van der Waals surface area contributed by atoms with Gasteiger partial charge in [0.05, 0.1) is 0 Å². The first-order chi connectivity index (χ1) is 17.8. The van der Waals surface area contributed by atoms with Crippen LogP contribution in [0.5, 0.6) is 0 Å². The van der Waals surface area contributed by atoms with Crippen LogP contribution in [0.15, 0.2) is 103 Å². The molecule has 193 valence electrons. The van der Waals surface area contributed by atoms with E-state index in [1.807, 2.05) is 60.9 Å². The van der Waals surface area contributed by atoms with E-state index in [2.05, 4.69) is 99.2 Å². The molecule has 2 nitrogen and oxygen atoms in total. The molecule has 1 aliphatic rings. The summed E-state index contributed by atoms with van der Waals surface area (Å²) in [5, 5.41) is 0. The molecular formula is C35H32IrN2-2. The summed E-state index contributed by atoms with van der Waals surface area (Å²) in [4.78, 5) is 8.80. The molecule has 0 amide bonds. The fourth-order valence-electron chi connectivity index (χ4n) is 5.15. The molecule has 0 fully saturated rings.